The lowest BCUT2D eigenvalue weighted by molar-refractivity contribution is -0.00296. The second-order valence-corrected chi connectivity index (χ2v) is 8.04. The second kappa shape index (κ2) is 8.37. The Morgan fingerprint density at radius 2 is 2.04 bits per heavy atom. The molecule has 3 aromatic rings. The SMILES string of the molecule is CC(NC(=O)c1cc(-c2ccncc2)nc2ccc(Br)cc12)C1CCCCO1. The Kier molecular flexibility index (Phi) is 5.69. The van der Waals surface area contributed by atoms with Crippen molar-refractivity contribution < 1.29 is 9.53 Å². The number of halogens is 1. The van der Waals surface area contributed by atoms with E-state index in [0.717, 1.165) is 52.5 Å². The average Bonchev–Trinajstić information content (AvgIpc) is 2.74. The molecule has 1 amide bonds. The summed E-state index contributed by atoms with van der Waals surface area (Å²) < 4.78 is 6.75. The lowest BCUT2D eigenvalue weighted by Crippen LogP contribution is -2.43. The Balaban J connectivity index is 1.71. The quantitative estimate of drug-likeness (QED) is 0.636. The van der Waals surface area contributed by atoms with E-state index in [9.17, 15) is 4.79 Å². The van der Waals surface area contributed by atoms with E-state index in [2.05, 4.69) is 26.2 Å². The first-order valence-corrected chi connectivity index (χ1v) is 10.3. The first-order valence-electron chi connectivity index (χ1n) is 9.55. The van der Waals surface area contributed by atoms with Gasteiger partial charge in [-0.15, -0.1) is 0 Å². The van der Waals surface area contributed by atoms with Gasteiger partial charge in [0.25, 0.3) is 5.91 Å². The number of aromatic nitrogens is 2. The van der Waals surface area contributed by atoms with Crippen molar-refractivity contribution in [3.05, 3.63) is 58.8 Å². The minimum Gasteiger partial charge on any atom is -0.376 e. The van der Waals surface area contributed by atoms with Crippen LogP contribution in [0.2, 0.25) is 0 Å². The maximum absolute atomic E-state index is 13.2. The molecule has 5 nitrogen and oxygen atoms in total. The van der Waals surface area contributed by atoms with E-state index in [1.54, 1.807) is 12.4 Å². The van der Waals surface area contributed by atoms with Crippen molar-refractivity contribution in [1.82, 2.24) is 15.3 Å². The first-order chi connectivity index (χ1) is 13.6. The Morgan fingerprint density at radius 1 is 1.21 bits per heavy atom. The van der Waals surface area contributed by atoms with E-state index in [1.165, 1.54) is 0 Å². The molecule has 0 bridgehead atoms. The van der Waals surface area contributed by atoms with E-state index >= 15 is 0 Å². The molecule has 0 radical (unpaired) electrons. The molecule has 1 saturated heterocycles. The molecule has 2 aromatic heterocycles. The zero-order valence-electron chi connectivity index (χ0n) is 15.7. The van der Waals surface area contributed by atoms with Crippen LogP contribution in [0.25, 0.3) is 22.2 Å². The number of ether oxygens (including phenoxy) is 1. The molecule has 6 heteroatoms. The largest absolute Gasteiger partial charge is 0.376 e. The zero-order chi connectivity index (χ0) is 19.5. The van der Waals surface area contributed by atoms with Gasteiger partial charge in [-0.2, -0.15) is 0 Å². The van der Waals surface area contributed by atoms with Gasteiger partial charge in [0, 0.05) is 34.4 Å². The minimum absolute atomic E-state index is 0.0486. The van der Waals surface area contributed by atoms with Gasteiger partial charge in [-0.3, -0.25) is 9.78 Å². The van der Waals surface area contributed by atoms with Crippen LogP contribution in [0, 0.1) is 0 Å². The lowest BCUT2D eigenvalue weighted by Gasteiger charge is -2.28. The van der Waals surface area contributed by atoms with Crippen molar-refractivity contribution >= 4 is 32.7 Å². The topological polar surface area (TPSA) is 64.1 Å². The van der Waals surface area contributed by atoms with Gasteiger partial charge in [0.05, 0.1) is 28.9 Å². The smallest absolute Gasteiger partial charge is 0.252 e. The summed E-state index contributed by atoms with van der Waals surface area (Å²) in [6, 6.07) is 11.4. The Morgan fingerprint density at radius 3 is 2.79 bits per heavy atom. The number of fused-ring (bicyclic) bond motifs is 1. The third-order valence-corrected chi connectivity index (χ3v) is 5.62. The number of rotatable bonds is 4. The summed E-state index contributed by atoms with van der Waals surface area (Å²) in [5, 5.41) is 3.96. The molecule has 28 heavy (non-hydrogen) atoms. The Bertz CT molecular complexity index is 988. The van der Waals surface area contributed by atoms with Gasteiger partial charge in [-0.25, -0.2) is 4.98 Å². The highest BCUT2D eigenvalue weighted by Crippen LogP contribution is 2.27. The number of benzene rings is 1. The van der Waals surface area contributed by atoms with Crippen LogP contribution in [0.4, 0.5) is 0 Å². The van der Waals surface area contributed by atoms with Crippen LogP contribution in [0.5, 0.6) is 0 Å². The summed E-state index contributed by atoms with van der Waals surface area (Å²) in [4.78, 5) is 22.0. The highest BCUT2D eigenvalue weighted by molar-refractivity contribution is 9.10. The number of nitrogens with zero attached hydrogens (tertiary/aromatic N) is 2. The van der Waals surface area contributed by atoms with Crippen molar-refractivity contribution in [3.8, 4) is 11.3 Å². The van der Waals surface area contributed by atoms with Gasteiger partial charge in [0.15, 0.2) is 0 Å². The molecule has 3 heterocycles. The van der Waals surface area contributed by atoms with E-state index in [1.807, 2.05) is 43.3 Å². The predicted octanol–water partition coefficient (Wildman–Crippen LogP) is 4.75. The average molecular weight is 440 g/mol. The fourth-order valence-electron chi connectivity index (χ4n) is 3.59. The monoisotopic (exact) mass is 439 g/mol. The molecule has 144 valence electrons. The summed E-state index contributed by atoms with van der Waals surface area (Å²) in [6.07, 6.45) is 6.73. The maximum Gasteiger partial charge on any atom is 0.252 e. The summed E-state index contributed by atoms with van der Waals surface area (Å²) in [7, 11) is 0. The molecule has 4 rings (SSSR count). The van der Waals surface area contributed by atoms with Crippen molar-refractivity contribution in [2.75, 3.05) is 6.61 Å². The lowest BCUT2D eigenvalue weighted by atomic mass is 10.0. The summed E-state index contributed by atoms with van der Waals surface area (Å²) in [5.74, 6) is -0.109. The van der Waals surface area contributed by atoms with Crippen molar-refractivity contribution in [2.24, 2.45) is 0 Å². The fraction of sp³-hybridized carbons (Fsp3) is 0.318. The number of amides is 1. The van der Waals surface area contributed by atoms with Crippen LogP contribution in [0.3, 0.4) is 0 Å². The molecule has 0 saturated carbocycles. The van der Waals surface area contributed by atoms with Crippen molar-refractivity contribution in [1.29, 1.82) is 0 Å². The minimum atomic E-state index is -0.109. The van der Waals surface area contributed by atoms with Crippen LogP contribution in [-0.2, 0) is 4.74 Å². The van der Waals surface area contributed by atoms with Crippen LogP contribution in [0.15, 0.2) is 53.3 Å². The van der Waals surface area contributed by atoms with E-state index in [-0.39, 0.29) is 18.1 Å². The molecule has 1 aliphatic heterocycles. The van der Waals surface area contributed by atoms with Crippen LogP contribution >= 0.6 is 15.9 Å². The summed E-state index contributed by atoms with van der Waals surface area (Å²) in [6.45, 7) is 2.78. The normalized spacial score (nSPS) is 18.0. The third-order valence-electron chi connectivity index (χ3n) is 5.12. The van der Waals surface area contributed by atoms with Gasteiger partial charge in [-0.1, -0.05) is 15.9 Å². The molecule has 2 unspecified atom stereocenters. The molecule has 2 atom stereocenters. The van der Waals surface area contributed by atoms with Gasteiger partial charge in [0.1, 0.15) is 0 Å². The van der Waals surface area contributed by atoms with Crippen LogP contribution in [-0.4, -0.2) is 34.6 Å². The molecular weight excluding hydrogens is 418 g/mol. The van der Waals surface area contributed by atoms with Crippen molar-refractivity contribution in [2.45, 2.75) is 38.3 Å². The maximum atomic E-state index is 13.2. The van der Waals surface area contributed by atoms with Gasteiger partial charge >= 0.3 is 0 Å². The van der Waals surface area contributed by atoms with Crippen LogP contribution in [0.1, 0.15) is 36.5 Å². The van der Waals surface area contributed by atoms with Gasteiger partial charge in [0.2, 0.25) is 0 Å². The molecular formula is C22H22BrN3O2. The second-order valence-electron chi connectivity index (χ2n) is 7.12. The third kappa shape index (κ3) is 4.08. The molecule has 0 spiro atoms. The van der Waals surface area contributed by atoms with Crippen LogP contribution < -0.4 is 5.32 Å². The number of carbonyl (C=O) groups excluding carboxylic acids is 1. The van der Waals surface area contributed by atoms with E-state index in [0.29, 0.717) is 5.56 Å². The van der Waals surface area contributed by atoms with E-state index in [4.69, 9.17) is 9.72 Å². The number of hydrogen-bond donors (Lipinski definition) is 1. The number of carbonyl (C=O) groups is 1. The highest BCUT2D eigenvalue weighted by Gasteiger charge is 2.24. The highest BCUT2D eigenvalue weighted by atomic mass is 79.9. The summed E-state index contributed by atoms with van der Waals surface area (Å²) in [5.41, 5.74) is 3.08. The Labute approximate surface area is 172 Å². The van der Waals surface area contributed by atoms with Crippen molar-refractivity contribution in [3.63, 3.8) is 0 Å². The number of nitrogens with one attached hydrogen (secondary N) is 1. The van der Waals surface area contributed by atoms with Gasteiger partial charge in [-0.05, 0) is 62.6 Å². The molecule has 1 aliphatic rings. The molecule has 0 aliphatic carbocycles. The van der Waals surface area contributed by atoms with E-state index < -0.39 is 0 Å². The number of pyridine rings is 2. The number of hydrogen-bond acceptors (Lipinski definition) is 4. The zero-order valence-corrected chi connectivity index (χ0v) is 17.3. The first kappa shape index (κ1) is 19.0. The Hall–Kier alpha value is -2.31. The van der Waals surface area contributed by atoms with Gasteiger partial charge < -0.3 is 10.1 Å². The predicted molar refractivity (Wildman–Crippen MR) is 113 cm³/mol. The molecule has 1 N–H and O–H groups in total. The molecule has 1 fully saturated rings. The standard InChI is InChI=1S/C22H22BrN3O2/c1-14(21-4-2-3-11-28-21)25-22(27)18-13-20(15-7-9-24-10-8-15)26-19-6-5-16(23)12-17(18)19/h5-10,12-14,21H,2-4,11H2,1H3,(H,25,27). The summed E-state index contributed by atoms with van der Waals surface area (Å²) >= 11 is 3.50. The fourth-order valence-corrected chi connectivity index (χ4v) is 3.95. The molecule has 1 aromatic carbocycles.